The molecule has 0 aliphatic carbocycles. The Labute approximate surface area is 172 Å². The molecule has 0 atom stereocenters. The Morgan fingerprint density at radius 3 is 2.50 bits per heavy atom. The first-order valence-corrected chi connectivity index (χ1v) is 9.00. The number of imide groups is 1. The fourth-order valence-corrected chi connectivity index (χ4v) is 3.05. The molecule has 8 heteroatoms. The lowest BCUT2D eigenvalue weighted by Crippen LogP contribution is -2.44. The molecule has 0 radical (unpaired) electrons. The standard InChI is InChI=1S/C22H18N2O6/c1-13-17(20(26)24(9-10-25)21(27)18(13)12-23)11-16-7-8-19(30-16)14-3-5-15(6-4-14)22(28)29-2/h3-8,11,25H,9-10H2,1-2H3/b17-11+. The molecule has 1 aromatic heterocycles. The normalized spacial score (nSPS) is 15.5. The SMILES string of the molecule is COC(=O)c1ccc(-c2ccc(/C=C3/C(=O)N(CCO)C(=O)C(C#N)=C3C)o2)cc1. The molecule has 2 amide bonds. The van der Waals surface area contributed by atoms with Gasteiger partial charge in [0.1, 0.15) is 23.2 Å². The molecular weight excluding hydrogens is 388 g/mol. The minimum Gasteiger partial charge on any atom is -0.465 e. The van der Waals surface area contributed by atoms with Crippen molar-refractivity contribution in [3.8, 4) is 17.4 Å². The first kappa shape index (κ1) is 20.8. The molecule has 0 unspecified atom stereocenters. The fraction of sp³-hybridized carbons (Fsp3) is 0.182. The van der Waals surface area contributed by atoms with Crippen LogP contribution in [0.2, 0.25) is 0 Å². The van der Waals surface area contributed by atoms with E-state index in [4.69, 9.17) is 9.52 Å². The van der Waals surface area contributed by atoms with Crippen LogP contribution >= 0.6 is 0 Å². The van der Waals surface area contributed by atoms with E-state index >= 15 is 0 Å². The second-order valence-corrected chi connectivity index (χ2v) is 6.43. The Hall–Kier alpha value is -3.96. The highest BCUT2D eigenvalue weighted by Gasteiger charge is 2.35. The number of β-amino-alcohol motifs (C(OH)–C–C–N with tert-alkyl or cyclic N) is 1. The number of hydrogen-bond donors (Lipinski definition) is 1. The van der Waals surface area contributed by atoms with Crippen LogP contribution in [0, 0.1) is 11.3 Å². The number of esters is 1. The second kappa shape index (κ2) is 8.59. The smallest absolute Gasteiger partial charge is 0.337 e. The van der Waals surface area contributed by atoms with E-state index < -0.39 is 24.4 Å². The lowest BCUT2D eigenvalue weighted by atomic mass is 9.95. The average Bonchev–Trinajstić information content (AvgIpc) is 3.23. The monoisotopic (exact) mass is 406 g/mol. The summed E-state index contributed by atoms with van der Waals surface area (Å²) in [7, 11) is 1.30. The van der Waals surface area contributed by atoms with Gasteiger partial charge < -0.3 is 14.3 Å². The molecule has 1 aromatic carbocycles. The van der Waals surface area contributed by atoms with Crippen LogP contribution in [-0.2, 0) is 14.3 Å². The third-order valence-corrected chi connectivity index (χ3v) is 4.65. The zero-order valence-corrected chi connectivity index (χ0v) is 16.3. The van der Waals surface area contributed by atoms with Gasteiger partial charge in [-0.3, -0.25) is 14.5 Å². The quantitative estimate of drug-likeness (QED) is 0.459. The molecule has 3 rings (SSSR count). The summed E-state index contributed by atoms with van der Waals surface area (Å²) in [5.74, 6) is -0.921. The van der Waals surface area contributed by atoms with E-state index in [1.165, 1.54) is 20.1 Å². The Balaban J connectivity index is 1.95. The molecule has 2 aromatic rings. The molecule has 1 N–H and O–H groups in total. The van der Waals surface area contributed by atoms with Gasteiger partial charge in [0.2, 0.25) is 0 Å². The van der Waals surface area contributed by atoms with Crippen molar-refractivity contribution in [3.05, 3.63) is 64.4 Å². The van der Waals surface area contributed by atoms with Gasteiger partial charge in [0.25, 0.3) is 11.8 Å². The highest BCUT2D eigenvalue weighted by molar-refractivity contribution is 6.19. The minimum absolute atomic E-state index is 0.140. The van der Waals surface area contributed by atoms with Crippen LogP contribution in [0.1, 0.15) is 23.0 Å². The van der Waals surface area contributed by atoms with Crippen LogP contribution in [0.25, 0.3) is 17.4 Å². The van der Waals surface area contributed by atoms with Gasteiger partial charge in [-0.1, -0.05) is 12.1 Å². The van der Waals surface area contributed by atoms with Gasteiger partial charge in [0.15, 0.2) is 0 Å². The lowest BCUT2D eigenvalue weighted by Gasteiger charge is -2.26. The van der Waals surface area contributed by atoms with E-state index in [0.717, 1.165) is 4.90 Å². The Kier molecular flexibility index (Phi) is 5.95. The number of nitriles is 1. The summed E-state index contributed by atoms with van der Waals surface area (Å²) in [6, 6.07) is 11.8. The maximum absolute atomic E-state index is 12.7. The Bertz CT molecular complexity index is 1120. The number of amides is 2. The van der Waals surface area contributed by atoms with Crippen molar-refractivity contribution >= 4 is 23.9 Å². The third-order valence-electron chi connectivity index (χ3n) is 4.65. The Morgan fingerprint density at radius 1 is 1.20 bits per heavy atom. The number of benzene rings is 1. The number of carbonyl (C=O) groups is 3. The van der Waals surface area contributed by atoms with Crippen LogP contribution in [0.3, 0.4) is 0 Å². The van der Waals surface area contributed by atoms with Gasteiger partial charge in [-0.2, -0.15) is 5.26 Å². The number of ether oxygens (including phenoxy) is 1. The highest BCUT2D eigenvalue weighted by atomic mass is 16.5. The molecule has 0 fully saturated rings. The summed E-state index contributed by atoms with van der Waals surface area (Å²) in [5, 5.41) is 18.4. The van der Waals surface area contributed by atoms with E-state index in [2.05, 4.69) is 4.74 Å². The van der Waals surface area contributed by atoms with Crippen molar-refractivity contribution < 1.29 is 28.6 Å². The largest absolute Gasteiger partial charge is 0.465 e. The zero-order valence-electron chi connectivity index (χ0n) is 16.3. The van der Waals surface area contributed by atoms with Gasteiger partial charge in [-0.25, -0.2) is 4.79 Å². The summed E-state index contributed by atoms with van der Waals surface area (Å²) in [4.78, 5) is 37.4. The maximum atomic E-state index is 12.7. The van der Waals surface area contributed by atoms with Gasteiger partial charge in [-0.05, 0) is 42.8 Å². The molecule has 30 heavy (non-hydrogen) atoms. The number of methoxy groups -OCH3 is 1. The molecule has 2 heterocycles. The van der Waals surface area contributed by atoms with E-state index in [-0.39, 0.29) is 23.3 Å². The molecule has 0 saturated heterocycles. The number of hydrogen-bond acceptors (Lipinski definition) is 7. The van der Waals surface area contributed by atoms with E-state index in [1.807, 2.05) is 6.07 Å². The summed E-state index contributed by atoms with van der Waals surface area (Å²) >= 11 is 0. The second-order valence-electron chi connectivity index (χ2n) is 6.43. The van der Waals surface area contributed by atoms with Crippen molar-refractivity contribution in [2.24, 2.45) is 0 Å². The molecular formula is C22H18N2O6. The average molecular weight is 406 g/mol. The predicted molar refractivity (Wildman–Crippen MR) is 106 cm³/mol. The molecule has 1 aliphatic rings. The number of aliphatic hydroxyl groups excluding tert-OH is 1. The third kappa shape index (κ3) is 3.79. The van der Waals surface area contributed by atoms with E-state index in [1.54, 1.807) is 36.4 Å². The number of rotatable bonds is 5. The summed E-state index contributed by atoms with van der Waals surface area (Å²) < 4.78 is 10.5. The van der Waals surface area contributed by atoms with Crippen molar-refractivity contribution in [2.45, 2.75) is 6.92 Å². The summed E-state index contributed by atoms with van der Waals surface area (Å²) in [6.07, 6.45) is 1.46. The van der Waals surface area contributed by atoms with Crippen LogP contribution in [-0.4, -0.2) is 48.1 Å². The van der Waals surface area contributed by atoms with Gasteiger partial charge in [0.05, 0.1) is 25.8 Å². The molecule has 0 spiro atoms. The number of nitrogens with zero attached hydrogens (tertiary/aromatic N) is 2. The number of carbonyl (C=O) groups excluding carboxylic acids is 3. The van der Waals surface area contributed by atoms with Crippen molar-refractivity contribution in [2.75, 3.05) is 20.3 Å². The molecule has 152 valence electrons. The van der Waals surface area contributed by atoms with E-state index in [0.29, 0.717) is 22.6 Å². The fourth-order valence-electron chi connectivity index (χ4n) is 3.05. The van der Waals surface area contributed by atoms with Gasteiger partial charge in [0, 0.05) is 11.1 Å². The van der Waals surface area contributed by atoms with Crippen LogP contribution in [0.5, 0.6) is 0 Å². The Morgan fingerprint density at radius 2 is 1.90 bits per heavy atom. The minimum atomic E-state index is -0.725. The van der Waals surface area contributed by atoms with Crippen LogP contribution < -0.4 is 0 Å². The molecule has 8 nitrogen and oxygen atoms in total. The summed E-state index contributed by atoms with van der Waals surface area (Å²) in [6.45, 7) is 0.907. The maximum Gasteiger partial charge on any atom is 0.337 e. The van der Waals surface area contributed by atoms with Crippen molar-refractivity contribution in [1.82, 2.24) is 4.90 Å². The molecule has 0 bridgehead atoms. The zero-order chi connectivity index (χ0) is 21.8. The van der Waals surface area contributed by atoms with E-state index in [9.17, 15) is 19.6 Å². The van der Waals surface area contributed by atoms with Gasteiger partial charge >= 0.3 is 5.97 Å². The topological polar surface area (TPSA) is 121 Å². The number of furan rings is 1. The molecule has 1 aliphatic heterocycles. The van der Waals surface area contributed by atoms with Gasteiger partial charge in [-0.15, -0.1) is 0 Å². The summed E-state index contributed by atoms with van der Waals surface area (Å²) in [5.41, 5.74) is 1.36. The first-order valence-electron chi connectivity index (χ1n) is 9.00. The first-order chi connectivity index (χ1) is 14.4. The highest BCUT2D eigenvalue weighted by Crippen LogP contribution is 2.29. The van der Waals surface area contributed by atoms with Crippen LogP contribution in [0.4, 0.5) is 0 Å². The number of aliphatic hydroxyl groups is 1. The molecule has 0 saturated carbocycles. The lowest BCUT2D eigenvalue weighted by molar-refractivity contribution is -0.141. The van der Waals surface area contributed by atoms with Crippen molar-refractivity contribution in [1.29, 1.82) is 5.26 Å². The van der Waals surface area contributed by atoms with Crippen molar-refractivity contribution in [3.63, 3.8) is 0 Å². The predicted octanol–water partition coefficient (Wildman–Crippen LogP) is 2.32. The van der Waals surface area contributed by atoms with Crippen LogP contribution in [0.15, 0.2) is 57.5 Å².